The quantitative estimate of drug-likeness (QED) is 0.780. The number of thiophene rings is 1. The maximum Gasteiger partial charge on any atom is 0.352 e. The zero-order chi connectivity index (χ0) is 16.6. The second-order valence-electron chi connectivity index (χ2n) is 5.09. The highest BCUT2D eigenvalue weighted by atomic mass is 32.2. The topological polar surface area (TPSA) is 86.7 Å². The molecule has 2 aliphatic heterocycles. The number of carboxylic acids is 1. The van der Waals surface area contributed by atoms with Gasteiger partial charge >= 0.3 is 5.97 Å². The number of allylic oxidation sites excluding steroid dienone is 1. The van der Waals surface area contributed by atoms with E-state index in [1.165, 1.54) is 34.1 Å². The fourth-order valence-corrected chi connectivity index (χ4v) is 4.64. The molecule has 0 spiro atoms. The van der Waals surface area contributed by atoms with Crippen LogP contribution in [0.25, 0.3) is 0 Å². The van der Waals surface area contributed by atoms with Crippen LogP contribution in [0.2, 0.25) is 0 Å². The smallest absolute Gasteiger partial charge is 0.352 e. The molecule has 2 amide bonds. The van der Waals surface area contributed by atoms with Crippen LogP contribution in [0.3, 0.4) is 0 Å². The Morgan fingerprint density at radius 1 is 1.52 bits per heavy atom. The molecular formula is C15H14N2O4S2. The monoisotopic (exact) mass is 350 g/mol. The van der Waals surface area contributed by atoms with Gasteiger partial charge in [0.05, 0.1) is 6.42 Å². The largest absolute Gasteiger partial charge is 0.477 e. The highest BCUT2D eigenvalue weighted by molar-refractivity contribution is 8.00. The Labute approximate surface area is 140 Å². The van der Waals surface area contributed by atoms with Crippen LogP contribution < -0.4 is 5.32 Å². The molecule has 1 saturated heterocycles. The normalized spacial score (nSPS) is 23.1. The van der Waals surface area contributed by atoms with Gasteiger partial charge in [-0.15, -0.1) is 23.1 Å². The van der Waals surface area contributed by atoms with Gasteiger partial charge in [0.2, 0.25) is 5.91 Å². The molecule has 3 heterocycles. The van der Waals surface area contributed by atoms with Crippen molar-refractivity contribution in [3.63, 3.8) is 0 Å². The van der Waals surface area contributed by atoms with Gasteiger partial charge in [-0.3, -0.25) is 14.5 Å². The molecule has 0 bridgehead atoms. The Morgan fingerprint density at radius 2 is 2.30 bits per heavy atom. The summed E-state index contributed by atoms with van der Waals surface area (Å²) >= 11 is 2.91. The van der Waals surface area contributed by atoms with Gasteiger partial charge in [-0.25, -0.2) is 4.79 Å². The van der Waals surface area contributed by atoms with Crippen molar-refractivity contribution < 1.29 is 19.5 Å². The maximum absolute atomic E-state index is 12.3. The van der Waals surface area contributed by atoms with Crippen LogP contribution in [0.5, 0.6) is 0 Å². The molecule has 0 radical (unpaired) electrons. The fourth-order valence-electron chi connectivity index (χ4n) is 2.60. The molecule has 2 aliphatic rings. The van der Waals surface area contributed by atoms with E-state index in [1.807, 2.05) is 17.5 Å². The summed E-state index contributed by atoms with van der Waals surface area (Å²) in [6.07, 6.45) is 1.68. The summed E-state index contributed by atoms with van der Waals surface area (Å²) in [5, 5.41) is 13.5. The molecule has 120 valence electrons. The van der Waals surface area contributed by atoms with Crippen LogP contribution >= 0.6 is 23.1 Å². The van der Waals surface area contributed by atoms with Crippen molar-refractivity contribution in [1.82, 2.24) is 10.2 Å². The van der Waals surface area contributed by atoms with Crippen molar-refractivity contribution in [3.8, 4) is 0 Å². The second-order valence-corrected chi connectivity index (χ2v) is 7.23. The van der Waals surface area contributed by atoms with Gasteiger partial charge in [-0.1, -0.05) is 18.7 Å². The summed E-state index contributed by atoms with van der Waals surface area (Å²) < 4.78 is 0. The van der Waals surface area contributed by atoms with Crippen molar-refractivity contribution in [1.29, 1.82) is 0 Å². The molecule has 0 saturated carbocycles. The van der Waals surface area contributed by atoms with E-state index in [1.54, 1.807) is 0 Å². The van der Waals surface area contributed by atoms with Crippen molar-refractivity contribution in [2.24, 2.45) is 0 Å². The molecule has 2 atom stereocenters. The third-order valence-electron chi connectivity index (χ3n) is 3.68. The van der Waals surface area contributed by atoms with Crippen LogP contribution in [0.1, 0.15) is 4.88 Å². The first kappa shape index (κ1) is 15.8. The second kappa shape index (κ2) is 6.21. The first-order chi connectivity index (χ1) is 11.0. The van der Waals surface area contributed by atoms with Crippen LogP contribution in [0, 0.1) is 0 Å². The van der Waals surface area contributed by atoms with E-state index in [-0.39, 0.29) is 23.4 Å². The fraction of sp³-hybridized carbons (Fsp3) is 0.267. The molecule has 0 unspecified atom stereocenters. The number of hydrogen-bond acceptors (Lipinski definition) is 5. The Morgan fingerprint density at radius 3 is 2.91 bits per heavy atom. The van der Waals surface area contributed by atoms with E-state index in [4.69, 9.17) is 0 Å². The van der Waals surface area contributed by atoms with Gasteiger partial charge in [0, 0.05) is 10.6 Å². The number of fused-ring (bicyclic) bond motifs is 1. The van der Waals surface area contributed by atoms with Gasteiger partial charge < -0.3 is 10.4 Å². The molecule has 2 N–H and O–H groups in total. The van der Waals surface area contributed by atoms with E-state index in [0.717, 1.165) is 4.88 Å². The number of β-lactam (4-membered cyclic amide) rings is 1. The molecule has 0 aromatic carbocycles. The summed E-state index contributed by atoms with van der Waals surface area (Å²) in [5.41, 5.74) is 0.493. The number of amides is 2. The minimum absolute atomic E-state index is 0.0301. The number of aliphatic carboxylic acids is 1. The summed E-state index contributed by atoms with van der Waals surface area (Å²) in [6, 6.07) is 3.05. The highest BCUT2D eigenvalue weighted by Crippen LogP contribution is 2.40. The molecule has 3 rings (SSSR count). The number of hydrogen-bond donors (Lipinski definition) is 2. The summed E-state index contributed by atoms with van der Waals surface area (Å²) in [7, 11) is 0. The Kier molecular flexibility index (Phi) is 4.27. The SMILES string of the molecule is C=CC1=C(C(=O)O)N2C(=O)[C@@H](NC(=O)Cc3cccs3)[C@H]2SC1. The Balaban J connectivity index is 1.71. The van der Waals surface area contributed by atoms with Gasteiger partial charge in [0.15, 0.2) is 0 Å². The molecule has 8 heteroatoms. The lowest BCUT2D eigenvalue weighted by Gasteiger charge is -2.49. The van der Waals surface area contributed by atoms with E-state index in [2.05, 4.69) is 11.9 Å². The van der Waals surface area contributed by atoms with Crippen LogP contribution in [0.4, 0.5) is 0 Å². The van der Waals surface area contributed by atoms with Gasteiger partial charge in [0.1, 0.15) is 17.1 Å². The number of rotatable bonds is 5. The lowest BCUT2D eigenvalue weighted by Crippen LogP contribution is -2.70. The predicted octanol–water partition coefficient (Wildman–Crippen LogP) is 1.22. The molecular weight excluding hydrogens is 336 g/mol. The molecule has 23 heavy (non-hydrogen) atoms. The Hall–Kier alpha value is -2.06. The third kappa shape index (κ3) is 2.79. The third-order valence-corrected chi connectivity index (χ3v) is 5.86. The average Bonchev–Trinajstić information content (AvgIpc) is 3.03. The van der Waals surface area contributed by atoms with Crippen LogP contribution in [-0.2, 0) is 20.8 Å². The van der Waals surface area contributed by atoms with Crippen molar-refractivity contribution >= 4 is 40.9 Å². The molecule has 0 aliphatic carbocycles. The van der Waals surface area contributed by atoms with E-state index in [0.29, 0.717) is 11.3 Å². The zero-order valence-electron chi connectivity index (χ0n) is 12.0. The number of carboxylic acid groups (broad SMARTS) is 1. The first-order valence-electron chi connectivity index (χ1n) is 6.88. The zero-order valence-corrected chi connectivity index (χ0v) is 13.7. The number of carbonyl (C=O) groups excluding carboxylic acids is 2. The van der Waals surface area contributed by atoms with Gasteiger partial charge in [-0.05, 0) is 17.0 Å². The minimum atomic E-state index is -1.15. The summed E-state index contributed by atoms with van der Waals surface area (Å²) in [4.78, 5) is 37.9. The van der Waals surface area contributed by atoms with E-state index in [9.17, 15) is 19.5 Å². The number of carbonyl (C=O) groups is 3. The highest BCUT2D eigenvalue weighted by Gasteiger charge is 2.53. The van der Waals surface area contributed by atoms with Gasteiger partial charge in [-0.2, -0.15) is 0 Å². The lowest BCUT2D eigenvalue weighted by atomic mass is 10.0. The maximum atomic E-state index is 12.3. The number of nitrogens with one attached hydrogen (secondary N) is 1. The van der Waals surface area contributed by atoms with Crippen LogP contribution in [-0.4, -0.2) is 45.0 Å². The van der Waals surface area contributed by atoms with E-state index >= 15 is 0 Å². The number of thioether (sulfide) groups is 1. The van der Waals surface area contributed by atoms with Crippen molar-refractivity contribution in [2.75, 3.05) is 5.75 Å². The summed E-state index contributed by atoms with van der Waals surface area (Å²) in [5.74, 6) is -1.32. The number of nitrogens with zero attached hydrogens (tertiary/aromatic N) is 1. The average molecular weight is 350 g/mol. The minimum Gasteiger partial charge on any atom is -0.477 e. The van der Waals surface area contributed by atoms with Crippen LogP contribution in [0.15, 0.2) is 41.4 Å². The molecule has 6 nitrogen and oxygen atoms in total. The van der Waals surface area contributed by atoms with Crippen molar-refractivity contribution in [3.05, 3.63) is 46.3 Å². The van der Waals surface area contributed by atoms with E-state index < -0.39 is 17.9 Å². The van der Waals surface area contributed by atoms with Crippen molar-refractivity contribution in [2.45, 2.75) is 17.8 Å². The molecule has 1 fully saturated rings. The first-order valence-corrected chi connectivity index (χ1v) is 8.81. The molecule has 1 aromatic rings. The van der Waals surface area contributed by atoms with Gasteiger partial charge in [0.25, 0.3) is 5.91 Å². The summed E-state index contributed by atoms with van der Waals surface area (Å²) in [6.45, 7) is 3.59. The molecule has 1 aromatic heterocycles. The standard InChI is InChI=1S/C15H14N2O4S2/c1-2-8-7-23-14-11(13(19)17(14)12(8)15(20)21)16-10(18)6-9-4-3-5-22-9/h2-5,11,14H,1,6-7H2,(H,16,18)(H,20,21)/t11-,14-/m1/s1. The predicted molar refractivity (Wildman–Crippen MR) is 87.9 cm³/mol. The Bertz CT molecular complexity index is 711. The lowest BCUT2D eigenvalue weighted by molar-refractivity contribution is -0.150.